The van der Waals surface area contributed by atoms with Crippen LogP contribution in [0.4, 0.5) is 0 Å². The van der Waals surface area contributed by atoms with Crippen LogP contribution in [0.1, 0.15) is 21.2 Å². The number of H-pyrrole nitrogens is 1. The largest absolute Gasteiger partial charge is 0.361 e. The van der Waals surface area contributed by atoms with Crippen molar-refractivity contribution in [3.8, 4) is 0 Å². The highest BCUT2D eigenvalue weighted by Gasteiger charge is 2.46. The van der Waals surface area contributed by atoms with Crippen LogP contribution in [0.25, 0.3) is 10.9 Å². The number of benzene rings is 2. The van der Waals surface area contributed by atoms with Crippen LogP contribution in [-0.2, 0) is 0 Å². The maximum atomic E-state index is 12.6. The molecular weight excluding hydrogens is 312 g/mol. The lowest BCUT2D eigenvalue weighted by Crippen LogP contribution is -2.37. The number of nitrogens with zero attached hydrogens (tertiary/aromatic N) is 1. The zero-order chi connectivity index (χ0) is 16.0. The number of aromatic amines is 1. The third-order valence-corrected chi connectivity index (χ3v) is 5.49. The molecule has 0 bridgehead atoms. The lowest BCUT2D eigenvalue weighted by molar-refractivity contribution is -0.505. The second-order valence-electron chi connectivity index (χ2n) is 5.42. The van der Waals surface area contributed by atoms with Gasteiger partial charge in [-0.25, -0.2) is 0 Å². The van der Waals surface area contributed by atoms with Crippen molar-refractivity contribution in [3.63, 3.8) is 0 Å². The predicted octanol–water partition coefficient (Wildman–Crippen LogP) is 3.84. The molecule has 6 heteroatoms. The van der Waals surface area contributed by atoms with E-state index in [9.17, 15) is 14.9 Å². The lowest BCUT2D eigenvalue weighted by atomic mass is 9.96. The molecular formula is C17H12N2O3S. The minimum absolute atomic E-state index is 0.417. The SMILES string of the molecule is O=C1c2ccccc2SC(c2c[nH]c3ccccc23)C1[N+](=O)[O-]. The van der Waals surface area contributed by atoms with Gasteiger partial charge in [0.1, 0.15) is 5.25 Å². The summed E-state index contributed by atoms with van der Waals surface area (Å²) in [6.45, 7) is 0. The lowest BCUT2D eigenvalue weighted by Gasteiger charge is -2.25. The van der Waals surface area contributed by atoms with Gasteiger partial charge in [0.25, 0.3) is 6.04 Å². The van der Waals surface area contributed by atoms with Crippen LogP contribution in [0.15, 0.2) is 59.6 Å². The molecule has 0 saturated heterocycles. The summed E-state index contributed by atoms with van der Waals surface area (Å²) in [5.74, 6) is -0.417. The van der Waals surface area contributed by atoms with E-state index in [1.807, 2.05) is 36.4 Å². The Labute approximate surface area is 135 Å². The number of hydrogen-bond acceptors (Lipinski definition) is 4. The zero-order valence-electron chi connectivity index (χ0n) is 11.9. The molecule has 0 fully saturated rings. The van der Waals surface area contributed by atoms with Gasteiger partial charge in [-0.15, -0.1) is 11.8 Å². The maximum Gasteiger partial charge on any atom is 0.290 e. The van der Waals surface area contributed by atoms with E-state index in [1.165, 1.54) is 11.8 Å². The number of hydrogen-bond donors (Lipinski definition) is 1. The first-order chi connectivity index (χ1) is 11.2. The normalized spacial score (nSPS) is 20.4. The molecule has 2 heterocycles. The van der Waals surface area contributed by atoms with Crippen molar-refractivity contribution in [3.05, 3.63) is 76.0 Å². The van der Waals surface area contributed by atoms with Crippen LogP contribution in [0.5, 0.6) is 0 Å². The molecule has 114 valence electrons. The Morgan fingerprint density at radius 2 is 1.83 bits per heavy atom. The highest BCUT2D eigenvalue weighted by Crippen LogP contribution is 2.47. The maximum absolute atomic E-state index is 12.6. The third-order valence-electron chi connectivity index (χ3n) is 4.12. The molecule has 2 unspecified atom stereocenters. The Bertz CT molecular complexity index is 934. The Kier molecular flexibility index (Phi) is 3.20. The molecule has 0 radical (unpaired) electrons. The van der Waals surface area contributed by atoms with Crippen LogP contribution in [0.2, 0.25) is 0 Å². The number of aromatic nitrogens is 1. The molecule has 0 aliphatic carbocycles. The minimum Gasteiger partial charge on any atom is -0.361 e. The van der Waals surface area contributed by atoms with Gasteiger partial charge >= 0.3 is 0 Å². The van der Waals surface area contributed by atoms with Crippen molar-refractivity contribution in [1.82, 2.24) is 4.98 Å². The van der Waals surface area contributed by atoms with E-state index in [1.54, 1.807) is 18.3 Å². The first kappa shape index (κ1) is 14.0. The van der Waals surface area contributed by atoms with Crippen molar-refractivity contribution in [2.45, 2.75) is 16.2 Å². The zero-order valence-corrected chi connectivity index (χ0v) is 12.7. The highest BCUT2D eigenvalue weighted by atomic mass is 32.2. The van der Waals surface area contributed by atoms with Gasteiger partial charge in [-0.1, -0.05) is 30.3 Å². The third kappa shape index (κ3) is 2.14. The molecule has 1 aromatic heterocycles. The second kappa shape index (κ2) is 5.24. The number of nitro groups is 1. The first-order valence-corrected chi connectivity index (χ1v) is 8.04. The fourth-order valence-corrected chi connectivity index (χ4v) is 4.44. The number of nitrogens with one attached hydrogen (secondary N) is 1. The predicted molar refractivity (Wildman–Crippen MR) is 88.5 cm³/mol. The van der Waals surface area contributed by atoms with Crippen molar-refractivity contribution in [1.29, 1.82) is 0 Å². The number of rotatable bonds is 2. The average molecular weight is 324 g/mol. The average Bonchev–Trinajstić information content (AvgIpc) is 2.98. The summed E-state index contributed by atoms with van der Waals surface area (Å²) in [7, 11) is 0. The number of thioether (sulfide) groups is 1. The summed E-state index contributed by atoms with van der Waals surface area (Å²) < 4.78 is 0. The van der Waals surface area contributed by atoms with E-state index in [4.69, 9.17) is 0 Å². The van der Waals surface area contributed by atoms with Gasteiger partial charge in [-0.05, 0) is 23.8 Å². The topological polar surface area (TPSA) is 76.0 Å². The molecule has 1 aliphatic rings. The quantitative estimate of drug-likeness (QED) is 0.574. The molecule has 1 aliphatic heterocycles. The monoisotopic (exact) mass is 324 g/mol. The smallest absolute Gasteiger partial charge is 0.290 e. The van der Waals surface area contributed by atoms with Crippen LogP contribution >= 0.6 is 11.8 Å². The van der Waals surface area contributed by atoms with E-state index >= 15 is 0 Å². The molecule has 2 atom stereocenters. The summed E-state index contributed by atoms with van der Waals surface area (Å²) >= 11 is 1.39. The summed E-state index contributed by atoms with van der Waals surface area (Å²) in [6.07, 6.45) is 1.78. The fourth-order valence-electron chi connectivity index (χ4n) is 3.04. The van der Waals surface area contributed by atoms with Gasteiger partial charge < -0.3 is 4.98 Å². The summed E-state index contributed by atoms with van der Waals surface area (Å²) in [4.78, 5) is 27.7. The molecule has 0 amide bonds. The molecule has 3 aromatic rings. The molecule has 4 rings (SSSR count). The molecule has 0 spiro atoms. The molecule has 2 aromatic carbocycles. The number of carbonyl (C=O) groups is 1. The van der Waals surface area contributed by atoms with E-state index in [0.29, 0.717) is 5.56 Å². The number of fused-ring (bicyclic) bond motifs is 2. The summed E-state index contributed by atoms with van der Waals surface area (Å²) in [6, 6.07) is 13.5. The number of para-hydroxylation sites is 1. The van der Waals surface area contributed by atoms with Gasteiger partial charge in [0.05, 0.1) is 0 Å². The number of Topliss-reactive ketones (excluding diaryl/α,β-unsaturated/α-hetero) is 1. The highest BCUT2D eigenvalue weighted by molar-refractivity contribution is 7.99. The fraction of sp³-hybridized carbons (Fsp3) is 0.118. The second-order valence-corrected chi connectivity index (χ2v) is 6.60. The Hall–Kier alpha value is -2.60. The molecule has 1 N–H and O–H groups in total. The van der Waals surface area contributed by atoms with Crippen LogP contribution in [-0.4, -0.2) is 21.7 Å². The van der Waals surface area contributed by atoms with Crippen LogP contribution in [0.3, 0.4) is 0 Å². The van der Waals surface area contributed by atoms with Crippen molar-refractivity contribution >= 4 is 28.4 Å². The Morgan fingerprint density at radius 1 is 1.09 bits per heavy atom. The van der Waals surface area contributed by atoms with E-state index in [-0.39, 0.29) is 0 Å². The number of ketones is 1. The first-order valence-electron chi connectivity index (χ1n) is 7.16. The molecule has 0 saturated carbocycles. The molecule has 5 nitrogen and oxygen atoms in total. The van der Waals surface area contributed by atoms with Crippen LogP contribution in [0, 0.1) is 10.1 Å². The van der Waals surface area contributed by atoms with Gasteiger partial charge in [-0.2, -0.15) is 0 Å². The summed E-state index contributed by atoms with van der Waals surface area (Å²) in [5.41, 5.74) is 2.15. The van der Waals surface area contributed by atoms with Crippen molar-refractivity contribution < 1.29 is 9.72 Å². The van der Waals surface area contributed by atoms with Crippen molar-refractivity contribution in [2.24, 2.45) is 0 Å². The summed E-state index contributed by atoms with van der Waals surface area (Å²) in [5, 5.41) is 12.0. The Morgan fingerprint density at radius 3 is 2.65 bits per heavy atom. The number of carbonyl (C=O) groups excluding carboxylic acids is 1. The minimum atomic E-state index is -1.27. The van der Waals surface area contributed by atoms with Crippen molar-refractivity contribution in [2.75, 3.05) is 0 Å². The van der Waals surface area contributed by atoms with Gasteiger partial charge in [0.15, 0.2) is 0 Å². The van der Waals surface area contributed by atoms with Gasteiger partial charge in [0.2, 0.25) is 5.78 Å². The van der Waals surface area contributed by atoms with E-state index < -0.39 is 22.0 Å². The molecule has 23 heavy (non-hydrogen) atoms. The van der Waals surface area contributed by atoms with Gasteiger partial charge in [0, 0.05) is 32.5 Å². The van der Waals surface area contributed by atoms with E-state index in [0.717, 1.165) is 21.4 Å². The van der Waals surface area contributed by atoms with Crippen LogP contribution < -0.4 is 0 Å². The van der Waals surface area contributed by atoms with Gasteiger partial charge in [-0.3, -0.25) is 14.9 Å². The van der Waals surface area contributed by atoms with E-state index in [2.05, 4.69) is 4.98 Å². The standard InChI is InChI=1S/C17H12N2O3S/c20-16-11-6-2-4-8-14(11)23-17(15(16)19(21)22)12-9-18-13-7-3-1-5-10(12)13/h1-9,15,17-18H. The Balaban J connectivity index is 1.90.